The van der Waals surface area contributed by atoms with Gasteiger partial charge < -0.3 is 14.9 Å². The van der Waals surface area contributed by atoms with Crippen molar-refractivity contribution in [3.63, 3.8) is 0 Å². The SMILES string of the molecule is O=C(O)CONC(=O)N1CCN(c2ccccc2Cl)CC1. The minimum absolute atomic E-state index is 0.435. The normalized spacial score (nSPS) is 14.9. The lowest BCUT2D eigenvalue weighted by Gasteiger charge is -2.36. The number of carboxylic acids is 1. The predicted octanol–water partition coefficient (Wildman–Crippen LogP) is 1.19. The Morgan fingerprint density at radius 3 is 2.52 bits per heavy atom. The van der Waals surface area contributed by atoms with Gasteiger partial charge in [0.25, 0.3) is 0 Å². The average Bonchev–Trinajstić information content (AvgIpc) is 2.47. The van der Waals surface area contributed by atoms with Gasteiger partial charge in [-0.25, -0.2) is 15.1 Å². The zero-order chi connectivity index (χ0) is 15.2. The van der Waals surface area contributed by atoms with E-state index < -0.39 is 18.6 Å². The summed E-state index contributed by atoms with van der Waals surface area (Å²) < 4.78 is 0. The van der Waals surface area contributed by atoms with Gasteiger partial charge in [0.15, 0.2) is 6.61 Å². The van der Waals surface area contributed by atoms with Crippen LogP contribution in [0.2, 0.25) is 5.02 Å². The maximum absolute atomic E-state index is 11.7. The largest absolute Gasteiger partial charge is 0.479 e. The lowest BCUT2D eigenvalue weighted by Crippen LogP contribution is -2.52. The van der Waals surface area contributed by atoms with E-state index in [0.29, 0.717) is 31.2 Å². The molecule has 2 rings (SSSR count). The number of benzene rings is 1. The Balaban J connectivity index is 1.82. The Hall–Kier alpha value is -1.99. The number of carboxylic acid groups (broad SMARTS) is 1. The number of piperazine rings is 1. The zero-order valence-corrected chi connectivity index (χ0v) is 12.0. The molecule has 1 fully saturated rings. The van der Waals surface area contributed by atoms with Crippen molar-refractivity contribution in [2.45, 2.75) is 0 Å². The number of aliphatic carboxylic acids is 1. The number of nitrogens with one attached hydrogen (secondary N) is 1. The first-order valence-electron chi connectivity index (χ1n) is 6.46. The summed E-state index contributed by atoms with van der Waals surface area (Å²) in [5.74, 6) is -1.14. The van der Waals surface area contributed by atoms with E-state index in [1.165, 1.54) is 0 Å². The molecule has 1 aliphatic heterocycles. The van der Waals surface area contributed by atoms with E-state index in [1.54, 1.807) is 4.90 Å². The third-order valence-electron chi connectivity index (χ3n) is 3.12. The number of anilines is 1. The molecular formula is C13H16ClN3O4. The Morgan fingerprint density at radius 1 is 1.24 bits per heavy atom. The van der Waals surface area contributed by atoms with Gasteiger partial charge in [-0.05, 0) is 12.1 Å². The molecule has 0 bridgehead atoms. The molecule has 1 aliphatic rings. The van der Waals surface area contributed by atoms with E-state index in [1.807, 2.05) is 24.3 Å². The van der Waals surface area contributed by atoms with E-state index in [-0.39, 0.29) is 0 Å². The highest BCUT2D eigenvalue weighted by Crippen LogP contribution is 2.25. The summed E-state index contributed by atoms with van der Waals surface area (Å²) in [4.78, 5) is 30.3. The molecule has 1 aromatic carbocycles. The second kappa shape index (κ2) is 7.14. The number of amides is 2. The van der Waals surface area contributed by atoms with Crippen molar-refractivity contribution in [3.05, 3.63) is 29.3 Å². The average molecular weight is 314 g/mol. The fourth-order valence-corrected chi connectivity index (χ4v) is 2.34. The molecule has 1 saturated heterocycles. The van der Waals surface area contributed by atoms with Crippen LogP contribution >= 0.6 is 11.6 Å². The maximum atomic E-state index is 11.7. The monoisotopic (exact) mass is 313 g/mol. The highest BCUT2D eigenvalue weighted by Gasteiger charge is 2.22. The number of hydrogen-bond donors (Lipinski definition) is 2. The van der Waals surface area contributed by atoms with Crippen molar-refractivity contribution in [3.8, 4) is 0 Å². The van der Waals surface area contributed by atoms with Crippen LogP contribution in [0.15, 0.2) is 24.3 Å². The number of nitrogens with zero attached hydrogens (tertiary/aromatic N) is 2. The first kappa shape index (κ1) is 15.4. The van der Waals surface area contributed by atoms with Gasteiger partial charge in [0.05, 0.1) is 10.7 Å². The second-order valence-corrected chi connectivity index (χ2v) is 4.92. The molecule has 0 radical (unpaired) electrons. The number of halogens is 1. The quantitative estimate of drug-likeness (QED) is 0.816. The topological polar surface area (TPSA) is 82.1 Å². The van der Waals surface area contributed by atoms with E-state index in [2.05, 4.69) is 15.2 Å². The number of para-hydroxylation sites is 1. The van der Waals surface area contributed by atoms with Crippen LogP contribution in [0.3, 0.4) is 0 Å². The van der Waals surface area contributed by atoms with Crippen LogP contribution < -0.4 is 10.4 Å². The van der Waals surface area contributed by atoms with Crippen LogP contribution in [0.5, 0.6) is 0 Å². The van der Waals surface area contributed by atoms with Crippen LogP contribution in [0, 0.1) is 0 Å². The summed E-state index contributed by atoms with van der Waals surface area (Å²) in [6.45, 7) is 1.75. The lowest BCUT2D eigenvalue weighted by molar-refractivity contribution is -0.144. The van der Waals surface area contributed by atoms with Gasteiger partial charge in [0.2, 0.25) is 0 Å². The van der Waals surface area contributed by atoms with Gasteiger partial charge in [-0.1, -0.05) is 23.7 Å². The molecule has 114 valence electrons. The predicted molar refractivity (Wildman–Crippen MR) is 77.4 cm³/mol. The Labute approximate surface area is 127 Å². The Kier molecular flexibility index (Phi) is 5.24. The van der Waals surface area contributed by atoms with Crippen molar-refractivity contribution < 1.29 is 19.5 Å². The van der Waals surface area contributed by atoms with E-state index >= 15 is 0 Å². The van der Waals surface area contributed by atoms with Gasteiger partial charge in [-0.3, -0.25) is 4.84 Å². The third-order valence-corrected chi connectivity index (χ3v) is 3.43. The van der Waals surface area contributed by atoms with Crippen molar-refractivity contribution >= 4 is 29.3 Å². The summed E-state index contributed by atoms with van der Waals surface area (Å²) in [6.07, 6.45) is 0. The smallest absolute Gasteiger partial charge is 0.341 e. The molecule has 0 aromatic heterocycles. The molecule has 1 aromatic rings. The van der Waals surface area contributed by atoms with E-state index in [0.717, 1.165) is 5.69 Å². The lowest BCUT2D eigenvalue weighted by atomic mass is 10.2. The molecule has 8 heteroatoms. The fourth-order valence-electron chi connectivity index (χ4n) is 2.08. The van der Waals surface area contributed by atoms with Crippen LogP contribution in [0.25, 0.3) is 0 Å². The van der Waals surface area contributed by atoms with Gasteiger partial charge in [0.1, 0.15) is 0 Å². The number of urea groups is 1. The minimum Gasteiger partial charge on any atom is -0.479 e. The number of carbonyl (C=O) groups is 2. The minimum atomic E-state index is -1.14. The summed E-state index contributed by atoms with van der Waals surface area (Å²) in [5, 5.41) is 9.10. The molecular weight excluding hydrogens is 298 g/mol. The fraction of sp³-hybridized carbons (Fsp3) is 0.385. The summed E-state index contributed by atoms with van der Waals surface area (Å²) in [7, 11) is 0. The molecule has 2 N–H and O–H groups in total. The molecule has 0 spiro atoms. The highest BCUT2D eigenvalue weighted by atomic mass is 35.5. The number of rotatable bonds is 4. The molecule has 2 amide bonds. The van der Waals surface area contributed by atoms with Gasteiger partial charge in [-0.15, -0.1) is 0 Å². The maximum Gasteiger partial charge on any atom is 0.341 e. The van der Waals surface area contributed by atoms with Gasteiger partial charge in [0, 0.05) is 26.2 Å². The van der Waals surface area contributed by atoms with Crippen LogP contribution in [0.4, 0.5) is 10.5 Å². The Bertz CT molecular complexity index is 518. The number of hydrogen-bond acceptors (Lipinski definition) is 4. The zero-order valence-electron chi connectivity index (χ0n) is 11.3. The molecule has 0 saturated carbocycles. The number of carbonyl (C=O) groups excluding carboxylic acids is 1. The summed E-state index contributed by atoms with van der Waals surface area (Å²) >= 11 is 6.14. The van der Waals surface area contributed by atoms with Crippen molar-refractivity contribution in [2.75, 3.05) is 37.7 Å². The molecule has 1 heterocycles. The Morgan fingerprint density at radius 2 is 1.90 bits per heavy atom. The standard InChI is InChI=1S/C13H16ClN3O4/c14-10-3-1-2-4-11(10)16-5-7-17(8-6-16)13(20)15-21-9-12(18)19/h1-4H,5-9H2,(H,15,20)(H,18,19). The van der Waals surface area contributed by atoms with Crippen LogP contribution in [-0.4, -0.2) is 54.8 Å². The van der Waals surface area contributed by atoms with Gasteiger partial charge in [-0.2, -0.15) is 0 Å². The van der Waals surface area contributed by atoms with Crippen molar-refractivity contribution in [2.24, 2.45) is 0 Å². The molecule has 21 heavy (non-hydrogen) atoms. The number of hydroxylamine groups is 1. The molecule has 0 atom stereocenters. The second-order valence-electron chi connectivity index (χ2n) is 4.52. The van der Waals surface area contributed by atoms with Crippen LogP contribution in [0.1, 0.15) is 0 Å². The summed E-state index contributed by atoms with van der Waals surface area (Å²) in [6, 6.07) is 7.12. The van der Waals surface area contributed by atoms with Crippen molar-refractivity contribution in [1.29, 1.82) is 0 Å². The third kappa shape index (κ3) is 4.24. The summed E-state index contributed by atoms with van der Waals surface area (Å²) in [5.41, 5.74) is 3.06. The van der Waals surface area contributed by atoms with Gasteiger partial charge >= 0.3 is 12.0 Å². The van der Waals surface area contributed by atoms with E-state index in [9.17, 15) is 9.59 Å². The first-order valence-corrected chi connectivity index (χ1v) is 6.83. The highest BCUT2D eigenvalue weighted by molar-refractivity contribution is 6.33. The van der Waals surface area contributed by atoms with Crippen molar-refractivity contribution in [1.82, 2.24) is 10.4 Å². The van der Waals surface area contributed by atoms with E-state index in [4.69, 9.17) is 16.7 Å². The molecule has 0 aliphatic carbocycles. The molecule has 0 unspecified atom stereocenters. The van der Waals surface area contributed by atoms with Crippen LogP contribution in [-0.2, 0) is 9.63 Å². The molecule has 7 nitrogen and oxygen atoms in total. The first-order chi connectivity index (χ1) is 10.1.